The number of nitrogens with zero attached hydrogens (tertiary/aromatic N) is 2. The van der Waals surface area contributed by atoms with Crippen molar-refractivity contribution in [1.82, 2.24) is 9.88 Å². The number of anilines is 1. The van der Waals surface area contributed by atoms with Crippen molar-refractivity contribution in [2.24, 2.45) is 0 Å². The molecular formula is C16H16Cl3N3O. The maximum atomic E-state index is 12.1. The van der Waals surface area contributed by atoms with E-state index in [9.17, 15) is 4.79 Å². The first-order valence-electron chi connectivity index (χ1n) is 6.93. The molecular weight excluding hydrogens is 357 g/mol. The number of likely N-dealkylation sites (N-methyl/N-ethyl adjacent to an activating group) is 1. The number of rotatable bonds is 5. The summed E-state index contributed by atoms with van der Waals surface area (Å²) < 4.78 is 0. The van der Waals surface area contributed by atoms with Gasteiger partial charge in [-0.15, -0.1) is 0 Å². The van der Waals surface area contributed by atoms with Crippen molar-refractivity contribution in [3.63, 3.8) is 0 Å². The van der Waals surface area contributed by atoms with Gasteiger partial charge in [0.1, 0.15) is 5.82 Å². The molecule has 0 saturated heterocycles. The Kier molecular flexibility index (Phi) is 6.25. The summed E-state index contributed by atoms with van der Waals surface area (Å²) in [6, 6.07) is 8.63. The van der Waals surface area contributed by atoms with Gasteiger partial charge in [-0.05, 0) is 43.8 Å². The van der Waals surface area contributed by atoms with E-state index in [2.05, 4.69) is 10.3 Å². The van der Waals surface area contributed by atoms with Crippen molar-refractivity contribution in [3.05, 3.63) is 57.2 Å². The number of halogens is 3. The maximum Gasteiger partial charge on any atom is 0.239 e. The average Bonchev–Trinajstić information content (AvgIpc) is 2.49. The number of amides is 1. The van der Waals surface area contributed by atoms with Gasteiger partial charge in [-0.1, -0.05) is 40.9 Å². The Hall–Kier alpha value is -1.33. The van der Waals surface area contributed by atoms with Gasteiger partial charge in [0.2, 0.25) is 5.91 Å². The SMILES string of the molecule is CC(c1ccc(Cl)cc1Cl)N(C)CC(=O)Nc1ccc(Cl)cn1. The Bertz CT molecular complexity index is 691. The van der Waals surface area contributed by atoms with E-state index < -0.39 is 0 Å². The van der Waals surface area contributed by atoms with Gasteiger partial charge < -0.3 is 5.32 Å². The van der Waals surface area contributed by atoms with Gasteiger partial charge in [0.05, 0.1) is 11.6 Å². The molecule has 0 saturated carbocycles. The van der Waals surface area contributed by atoms with E-state index in [0.29, 0.717) is 20.9 Å². The van der Waals surface area contributed by atoms with Gasteiger partial charge in [-0.3, -0.25) is 9.69 Å². The van der Waals surface area contributed by atoms with Crippen LogP contribution in [0.2, 0.25) is 15.1 Å². The summed E-state index contributed by atoms with van der Waals surface area (Å²) in [4.78, 5) is 18.0. The lowest BCUT2D eigenvalue weighted by atomic mass is 10.1. The Balaban J connectivity index is 1.98. The van der Waals surface area contributed by atoms with Crippen LogP contribution in [0.3, 0.4) is 0 Å². The van der Waals surface area contributed by atoms with Crippen LogP contribution in [0.5, 0.6) is 0 Å². The van der Waals surface area contributed by atoms with Gasteiger partial charge in [-0.2, -0.15) is 0 Å². The van der Waals surface area contributed by atoms with Crippen molar-refractivity contribution < 1.29 is 4.79 Å². The van der Waals surface area contributed by atoms with Crippen molar-refractivity contribution in [3.8, 4) is 0 Å². The lowest BCUT2D eigenvalue weighted by Gasteiger charge is -2.25. The number of hydrogen-bond donors (Lipinski definition) is 1. The number of nitrogens with one attached hydrogen (secondary N) is 1. The molecule has 1 amide bonds. The molecule has 2 aromatic rings. The molecule has 122 valence electrons. The smallest absolute Gasteiger partial charge is 0.239 e. The fourth-order valence-electron chi connectivity index (χ4n) is 2.07. The van der Waals surface area contributed by atoms with Crippen LogP contribution in [0, 0.1) is 0 Å². The topological polar surface area (TPSA) is 45.2 Å². The molecule has 23 heavy (non-hydrogen) atoms. The van der Waals surface area contributed by atoms with E-state index in [0.717, 1.165) is 5.56 Å². The Morgan fingerprint density at radius 2 is 1.91 bits per heavy atom. The summed E-state index contributed by atoms with van der Waals surface area (Å²) >= 11 is 17.9. The second-order valence-corrected chi connectivity index (χ2v) is 6.45. The molecule has 0 spiro atoms. The summed E-state index contributed by atoms with van der Waals surface area (Å²) in [5.41, 5.74) is 0.913. The predicted octanol–water partition coefficient (Wildman–Crippen LogP) is 4.67. The number of carbonyl (C=O) groups excluding carboxylic acids is 1. The minimum absolute atomic E-state index is 0.0382. The molecule has 1 aromatic heterocycles. The highest BCUT2D eigenvalue weighted by atomic mass is 35.5. The number of carbonyl (C=O) groups is 1. The normalized spacial score (nSPS) is 12.3. The molecule has 1 N–H and O–H groups in total. The quantitative estimate of drug-likeness (QED) is 0.829. The van der Waals surface area contributed by atoms with E-state index in [-0.39, 0.29) is 18.5 Å². The van der Waals surface area contributed by atoms with E-state index >= 15 is 0 Å². The fourth-order valence-corrected chi connectivity index (χ4v) is 2.75. The second-order valence-electron chi connectivity index (χ2n) is 5.17. The minimum atomic E-state index is -0.167. The van der Waals surface area contributed by atoms with Crippen LogP contribution < -0.4 is 5.32 Å². The van der Waals surface area contributed by atoms with Gasteiger partial charge in [-0.25, -0.2) is 4.98 Å². The first kappa shape index (κ1) is 18.0. The molecule has 0 radical (unpaired) electrons. The van der Waals surface area contributed by atoms with Crippen molar-refractivity contribution in [2.75, 3.05) is 18.9 Å². The molecule has 0 aliphatic carbocycles. The first-order chi connectivity index (χ1) is 10.9. The van der Waals surface area contributed by atoms with E-state index in [4.69, 9.17) is 34.8 Å². The van der Waals surface area contributed by atoms with Crippen LogP contribution in [0.25, 0.3) is 0 Å². The lowest BCUT2D eigenvalue weighted by molar-refractivity contribution is -0.117. The van der Waals surface area contributed by atoms with Gasteiger partial charge in [0, 0.05) is 22.3 Å². The molecule has 0 bridgehead atoms. The zero-order valence-corrected chi connectivity index (χ0v) is 15.0. The average molecular weight is 373 g/mol. The predicted molar refractivity (Wildman–Crippen MR) is 95.4 cm³/mol. The van der Waals surface area contributed by atoms with Gasteiger partial charge in [0.25, 0.3) is 0 Å². The third kappa shape index (κ3) is 5.08. The van der Waals surface area contributed by atoms with Gasteiger partial charge >= 0.3 is 0 Å². The van der Waals surface area contributed by atoms with E-state index in [1.54, 1.807) is 24.3 Å². The molecule has 7 heteroatoms. The van der Waals surface area contributed by atoms with Crippen LogP contribution in [0.1, 0.15) is 18.5 Å². The standard InChI is InChI=1S/C16H16Cl3N3O/c1-10(13-5-3-11(17)7-14(13)19)22(2)9-16(23)21-15-6-4-12(18)8-20-15/h3-8,10H,9H2,1-2H3,(H,20,21,23). The fraction of sp³-hybridized carbons (Fsp3) is 0.250. The lowest BCUT2D eigenvalue weighted by Crippen LogP contribution is -2.32. The maximum absolute atomic E-state index is 12.1. The summed E-state index contributed by atoms with van der Waals surface area (Å²) in [5.74, 6) is 0.296. The largest absolute Gasteiger partial charge is 0.310 e. The second kappa shape index (κ2) is 7.97. The highest BCUT2D eigenvalue weighted by Crippen LogP contribution is 2.28. The molecule has 1 aromatic carbocycles. The molecule has 0 aliphatic heterocycles. The minimum Gasteiger partial charge on any atom is -0.310 e. The van der Waals surface area contributed by atoms with Crippen molar-refractivity contribution in [2.45, 2.75) is 13.0 Å². The number of hydrogen-bond acceptors (Lipinski definition) is 3. The monoisotopic (exact) mass is 371 g/mol. The van der Waals surface area contributed by atoms with Crippen LogP contribution in [0.4, 0.5) is 5.82 Å². The molecule has 0 aliphatic rings. The Morgan fingerprint density at radius 1 is 1.22 bits per heavy atom. The van der Waals surface area contributed by atoms with Crippen molar-refractivity contribution >= 4 is 46.5 Å². The van der Waals surface area contributed by atoms with E-state index in [1.807, 2.05) is 24.9 Å². The molecule has 2 rings (SSSR count). The number of benzene rings is 1. The Labute approximate surface area is 150 Å². The zero-order chi connectivity index (χ0) is 17.0. The molecule has 1 atom stereocenters. The third-order valence-electron chi connectivity index (χ3n) is 3.46. The highest BCUT2D eigenvalue weighted by Gasteiger charge is 2.17. The molecule has 1 heterocycles. The van der Waals surface area contributed by atoms with E-state index in [1.165, 1.54) is 6.20 Å². The highest BCUT2D eigenvalue weighted by molar-refractivity contribution is 6.35. The third-order valence-corrected chi connectivity index (χ3v) is 4.25. The number of pyridine rings is 1. The zero-order valence-electron chi connectivity index (χ0n) is 12.7. The summed E-state index contributed by atoms with van der Waals surface area (Å²) in [5, 5.41) is 4.41. The van der Waals surface area contributed by atoms with Gasteiger partial charge in [0.15, 0.2) is 0 Å². The Morgan fingerprint density at radius 3 is 2.52 bits per heavy atom. The first-order valence-corrected chi connectivity index (χ1v) is 8.07. The molecule has 0 fully saturated rings. The summed E-state index contributed by atoms with van der Waals surface area (Å²) in [6.07, 6.45) is 1.48. The summed E-state index contributed by atoms with van der Waals surface area (Å²) in [7, 11) is 1.85. The van der Waals surface area contributed by atoms with Crippen LogP contribution in [0.15, 0.2) is 36.5 Å². The van der Waals surface area contributed by atoms with Crippen LogP contribution >= 0.6 is 34.8 Å². The number of aromatic nitrogens is 1. The summed E-state index contributed by atoms with van der Waals surface area (Å²) in [6.45, 7) is 2.17. The van der Waals surface area contributed by atoms with Crippen molar-refractivity contribution in [1.29, 1.82) is 0 Å². The van der Waals surface area contributed by atoms with Crippen LogP contribution in [-0.2, 0) is 4.79 Å². The molecule has 1 unspecified atom stereocenters. The molecule has 4 nitrogen and oxygen atoms in total. The van der Waals surface area contributed by atoms with Crippen LogP contribution in [-0.4, -0.2) is 29.4 Å².